The molecule has 1 saturated heterocycles. The third-order valence-electron chi connectivity index (χ3n) is 4.89. The fourth-order valence-corrected chi connectivity index (χ4v) is 3.60. The second kappa shape index (κ2) is 7.72. The first kappa shape index (κ1) is 19.0. The fourth-order valence-electron chi connectivity index (χ4n) is 3.60. The highest BCUT2D eigenvalue weighted by atomic mass is 16.6. The predicted molar refractivity (Wildman–Crippen MR) is 91.7 cm³/mol. The highest BCUT2D eigenvalue weighted by Crippen LogP contribution is 2.27. The van der Waals surface area contributed by atoms with Gasteiger partial charge in [-0.3, -0.25) is 4.90 Å². The van der Waals surface area contributed by atoms with Crippen molar-refractivity contribution in [3.63, 3.8) is 0 Å². The lowest BCUT2D eigenvalue weighted by Crippen LogP contribution is -2.45. The predicted octanol–water partition coefficient (Wildman–Crippen LogP) is 2.71. The van der Waals surface area contributed by atoms with Crippen LogP contribution in [0.25, 0.3) is 0 Å². The van der Waals surface area contributed by atoms with Gasteiger partial charge < -0.3 is 14.8 Å². The Bertz CT molecular complexity index is 452. The average molecular weight is 340 g/mol. The molecular formula is C18H32N2O4. The molecule has 1 aliphatic heterocycles. The van der Waals surface area contributed by atoms with Crippen molar-refractivity contribution in [2.24, 2.45) is 5.92 Å². The van der Waals surface area contributed by atoms with E-state index in [9.17, 15) is 9.59 Å². The van der Waals surface area contributed by atoms with Gasteiger partial charge in [0.1, 0.15) is 11.6 Å². The number of hydrogen-bond acceptors (Lipinski definition) is 5. The number of nitrogens with zero attached hydrogens (tertiary/aromatic N) is 1. The van der Waals surface area contributed by atoms with Crippen LogP contribution in [0.3, 0.4) is 0 Å². The summed E-state index contributed by atoms with van der Waals surface area (Å²) < 4.78 is 10.3. The molecule has 0 unspecified atom stereocenters. The summed E-state index contributed by atoms with van der Waals surface area (Å²) in [5.41, 5.74) is -0.581. The fraction of sp³-hybridized carbons (Fsp3) is 0.889. The molecule has 0 radical (unpaired) electrons. The van der Waals surface area contributed by atoms with Crippen LogP contribution in [-0.2, 0) is 14.3 Å². The first-order valence-corrected chi connectivity index (χ1v) is 9.03. The van der Waals surface area contributed by atoms with Crippen LogP contribution in [0.15, 0.2) is 0 Å². The van der Waals surface area contributed by atoms with Crippen LogP contribution in [0.5, 0.6) is 0 Å². The van der Waals surface area contributed by atoms with Crippen LogP contribution in [0.1, 0.15) is 59.8 Å². The molecular weight excluding hydrogens is 308 g/mol. The molecule has 0 aromatic rings. The van der Waals surface area contributed by atoms with Gasteiger partial charge in [-0.15, -0.1) is 0 Å². The summed E-state index contributed by atoms with van der Waals surface area (Å²) in [7, 11) is 1.36. The van der Waals surface area contributed by atoms with Crippen LogP contribution >= 0.6 is 0 Å². The van der Waals surface area contributed by atoms with E-state index in [0.717, 1.165) is 18.8 Å². The summed E-state index contributed by atoms with van der Waals surface area (Å²) >= 11 is 0. The Labute approximate surface area is 145 Å². The number of carbonyl (C=O) groups is 2. The molecule has 1 N–H and O–H groups in total. The number of likely N-dealkylation sites (tertiary alicyclic amines) is 1. The minimum absolute atomic E-state index is 0.111. The maximum Gasteiger partial charge on any atom is 0.411 e. The summed E-state index contributed by atoms with van der Waals surface area (Å²) in [5.74, 6) is 0.426. The Morgan fingerprint density at radius 1 is 1.08 bits per heavy atom. The van der Waals surface area contributed by atoms with E-state index >= 15 is 0 Å². The zero-order valence-electron chi connectivity index (χ0n) is 15.6. The van der Waals surface area contributed by atoms with Crippen LogP contribution < -0.4 is 5.32 Å². The van der Waals surface area contributed by atoms with Gasteiger partial charge in [-0.05, 0) is 58.8 Å². The topological polar surface area (TPSA) is 67.9 Å². The molecule has 1 heterocycles. The maximum atomic E-state index is 12.4. The molecule has 1 saturated carbocycles. The van der Waals surface area contributed by atoms with Gasteiger partial charge in [0, 0.05) is 18.6 Å². The molecule has 6 heteroatoms. The first-order chi connectivity index (χ1) is 11.2. The van der Waals surface area contributed by atoms with Crippen molar-refractivity contribution in [3.8, 4) is 0 Å². The molecule has 24 heavy (non-hydrogen) atoms. The molecule has 0 aromatic carbocycles. The zero-order valence-corrected chi connectivity index (χ0v) is 15.6. The van der Waals surface area contributed by atoms with Crippen LogP contribution in [0.4, 0.5) is 4.79 Å². The molecule has 2 rings (SSSR count). The SMILES string of the molecule is COC(=O)[C@@H]1C[C@@H](NC2CCC(C)CC2)CN1C(=O)OC(C)(C)C. The van der Waals surface area contributed by atoms with E-state index in [4.69, 9.17) is 9.47 Å². The highest BCUT2D eigenvalue weighted by Gasteiger charge is 2.42. The van der Waals surface area contributed by atoms with Gasteiger partial charge in [0.15, 0.2) is 0 Å². The quantitative estimate of drug-likeness (QED) is 0.800. The lowest BCUT2D eigenvalue weighted by atomic mass is 9.87. The van der Waals surface area contributed by atoms with Crippen molar-refractivity contribution in [3.05, 3.63) is 0 Å². The number of ether oxygens (including phenoxy) is 2. The second-order valence-electron chi connectivity index (χ2n) is 8.23. The monoisotopic (exact) mass is 340 g/mol. The van der Waals surface area contributed by atoms with Crippen LogP contribution in [0, 0.1) is 5.92 Å². The standard InChI is InChI=1S/C18H32N2O4/c1-12-6-8-13(9-7-12)19-14-10-15(16(21)23-5)20(11-14)17(22)24-18(2,3)4/h12-15,19H,6-11H2,1-5H3/t12?,13?,14-,15+/m1/s1. The number of hydrogen-bond donors (Lipinski definition) is 1. The number of carbonyl (C=O) groups excluding carboxylic acids is 2. The van der Waals surface area contributed by atoms with Crippen LogP contribution in [0.2, 0.25) is 0 Å². The van der Waals surface area contributed by atoms with Crippen molar-refractivity contribution in [1.29, 1.82) is 0 Å². The Balaban J connectivity index is 1.98. The third kappa shape index (κ3) is 5.10. The van der Waals surface area contributed by atoms with E-state index in [1.54, 1.807) is 0 Å². The molecule has 0 aromatic heterocycles. The van der Waals surface area contributed by atoms with E-state index < -0.39 is 17.7 Å². The highest BCUT2D eigenvalue weighted by molar-refractivity contribution is 5.82. The molecule has 0 bridgehead atoms. The lowest BCUT2D eigenvalue weighted by Gasteiger charge is -2.29. The van der Waals surface area contributed by atoms with Crippen molar-refractivity contribution in [2.45, 2.75) is 83.5 Å². The summed E-state index contributed by atoms with van der Waals surface area (Å²) in [6.07, 6.45) is 4.93. The van der Waals surface area contributed by atoms with Gasteiger partial charge in [0.05, 0.1) is 7.11 Å². The molecule has 0 spiro atoms. The number of esters is 1. The van der Waals surface area contributed by atoms with E-state index in [1.165, 1.54) is 24.9 Å². The van der Waals surface area contributed by atoms with Crippen molar-refractivity contribution < 1.29 is 19.1 Å². The molecule has 2 atom stereocenters. The number of methoxy groups -OCH3 is 1. The summed E-state index contributed by atoms with van der Waals surface area (Å²) in [6, 6.07) is 0.0213. The van der Waals surface area contributed by atoms with E-state index in [-0.39, 0.29) is 12.0 Å². The Kier molecular flexibility index (Phi) is 6.12. The molecule has 1 aliphatic carbocycles. The molecule has 138 valence electrons. The van der Waals surface area contributed by atoms with Gasteiger partial charge in [-0.25, -0.2) is 9.59 Å². The molecule has 6 nitrogen and oxygen atoms in total. The van der Waals surface area contributed by atoms with Gasteiger partial charge in [-0.2, -0.15) is 0 Å². The van der Waals surface area contributed by atoms with Crippen molar-refractivity contribution >= 4 is 12.1 Å². The summed E-state index contributed by atoms with van der Waals surface area (Å²) in [4.78, 5) is 26.0. The smallest absolute Gasteiger partial charge is 0.411 e. The first-order valence-electron chi connectivity index (χ1n) is 9.03. The average Bonchev–Trinajstić information content (AvgIpc) is 2.91. The Morgan fingerprint density at radius 2 is 1.71 bits per heavy atom. The largest absolute Gasteiger partial charge is 0.467 e. The molecule has 1 amide bonds. The zero-order chi connectivity index (χ0) is 17.9. The number of nitrogens with one attached hydrogen (secondary N) is 1. The van der Waals surface area contributed by atoms with Gasteiger partial charge in [0.25, 0.3) is 0 Å². The van der Waals surface area contributed by atoms with Crippen LogP contribution in [-0.4, -0.2) is 54.3 Å². The molecule has 2 aliphatic rings. The van der Waals surface area contributed by atoms with Gasteiger partial charge >= 0.3 is 12.1 Å². The Hall–Kier alpha value is -1.30. The molecule has 2 fully saturated rings. The van der Waals surface area contributed by atoms with Crippen molar-refractivity contribution in [1.82, 2.24) is 10.2 Å². The second-order valence-corrected chi connectivity index (χ2v) is 8.23. The lowest BCUT2D eigenvalue weighted by molar-refractivity contribution is -0.145. The minimum Gasteiger partial charge on any atom is -0.467 e. The van der Waals surface area contributed by atoms with Gasteiger partial charge in [0.2, 0.25) is 0 Å². The minimum atomic E-state index is -0.581. The summed E-state index contributed by atoms with van der Waals surface area (Å²) in [5, 5.41) is 3.64. The number of amides is 1. The maximum absolute atomic E-state index is 12.4. The van der Waals surface area contributed by atoms with Crippen molar-refractivity contribution in [2.75, 3.05) is 13.7 Å². The van der Waals surface area contributed by atoms with E-state index in [2.05, 4.69) is 12.2 Å². The summed E-state index contributed by atoms with van der Waals surface area (Å²) in [6.45, 7) is 8.26. The Morgan fingerprint density at radius 3 is 2.25 bits per heavy atom. The number of rotatable bonds is 3. The van der Waals surface area contributed by atoms with E-state index in [0.29, 0.717) is 19.0 Å². The van der Waals surface area contributed by atoms with Gasteiger partial charge in [-0.1, -0.05) is 6.92 Å². The third-order valence-corrected chi connectivity index (χ3v) is 4.89. The van der Waals surface area contributed by atoms with E-state index in [1.807, 2.05) is 20.8 Å². The normalized spacial score (nSPS) is 31.0.